The molecule has 1 heterocycles. The van der Waals surface area contributed by atoms with Gasteiger partial charge in [-0.1, -0.05) is 26.7 Å². The Morgan fingerprint density at radius 2 is 1.89 bits per heavy atom. The molecular formula is C14H22BrN3. The van der Waals surface area contributed by atoms with Crippen molar-refractivity contribution >= 4 is 21.9 Å². The lowest BCUT2D eigenvalue weighted by atomic mass is 10.1. The molecule has 2 rings (SSSR count). The third-order valence-electron chi connectivity index (χ3n) is 3.58. The highest BCUT2D eigenvalue weighted by molar-refractivity contribution is 9.10. The first-order chi connectivity index (χ1) is 8.66. The highest BCUT2D eigenvalue weighted by Crippen LogP contribution is 2.27. The summed E-state index contributed by atoms with van der Waals surface area (Å²) in [4.78, 5) is 11.4. The maximum absolute atomic E-state index is 4.47. The smallest absolute Gasteiger partial charge is 0.225 e. The van der Waals surface area contributed by atoms with Crippen LogP contribution in [0.5, 0.6) is 0 Å². The van der Waals surface area contributed by atoms with E-state index < -0.39 is 0 Å². The van der Waals surface area contributed by atoms with Gasteiger partial charge < -0.3 is 4.90 Å². The molecule has 0 atom stereocenters. The van der Waals surface area contributed by atoms with Crippen LogP contribution < -0.4 is 4.90 Å². The number of halogens is 1. The van der Waals surface area contributed by atoms with Crippen LogP contribution in [0.4, 0.5) is 5.95 Å². The van der Waals surface area contributed by atoms with Crippen LogP contribution in [0.25, 0.3) is 0 Å². The van der Waals surface area contributed by atoms with Crippen LogP contribution in [-0.4, -0.2) is 22.6 Å². The van der Waals surface area contributed by atoms with Crippen molar-refractivity contribution in [2.45, 2.75) is 52.0 Å². The molecule has 0 spiro atoms. The predicted molar refractivity (Wildman–Crippen MR) is 78.8 cm³/mol. The SMILES string of the molecule is CC(C)CCN(c1ncc(Br)cn1)C1CCCC1. The molecule has 3 nitrogen and oxygen atoms in total. The van der Waals surface area contributed by atoms with Gasteiger partial charge in [0.15, 0.2) is 0 Å². The van der Waals surface area contributed by atoms with Crippen LogP contribution in [0.2, 0.25) is 0 Å². The Kier molecular flexibility index (Phi) is 4.98. The summed E-state index contributed by atoms with van der Waals surface area (Å²) >= 11 is 3.40. The number of aromatic nitrogens is 2. The van der Waals surface area contributed by atoms with E-state index in [4.69, 9.17) is 0 Å². The molecule has 0 aliphatic heterocycles. The fraction of sp³-hybridized carbons (Fsp3) is 0.714. The average Bonchev–Trinajstić information content (AvgIpc) is 2.85. The van der Waals surface area contributed by atoms with Crippen LogP contribution in [0.1, 0.15) is 46.0 Å². The summed E-state index contributed by atoms with van der Waals surface area (Å²) in [6, 6.07) is 0.643. The first-order valence-corrected chi connectivity index (χ1v) is 7.70. The summed E-state index contributed by atoms with van der Waals surface area (Å²) in [5.74, 6) is 1.62. The molecule has 0 radical (unpaired) electrons. The molecule has 0 unspecified atom stereocenters. The third-order valence-corrected chi connectivity index (χ3v) is 3.99. The van der Waals surface area contributed by atoms with Gasteiger partial charge in [0.2, 0.25) is 5.95 Å². The van der Waals surface area contributed by atoms with Gasteiger partial charge in [0.05, 0.1) is 4.47 Å². The van der Waals surface area contributed by atoms with Crippen molar-refractivity contribution in [3.05, 3.63) is 16.9 Å². The molecule has 0 aromatic carbocycles. The van der Waals surface area contributed by atoms with Gasteiger partial charge in [-0.05, 0) is 41.1 Å². The van der Waals surface area contributed by atoms with Gasteiger partial charge in [0.1, 0.15) is 0 Å². The molecule has 1 aliphatic rings. The minimum absolute atomic E-state index is 0.643. The van der Waals surface area contributed by atoms with Crippen molar-refractivity contribution in [3.63, 3.8) is 0 Å². The van der Waals surface area contributed by atoms with E-state index in [2.05, 4.69) is 44.6 Å². The van der Waals surface area contributed by atoms with Crippen molar-refractivity contribution in [3.8, 4) is 0 Å². The Hall–Kier alpha value is -0.640. The molecule has 4 heteroatoms. The lowest BCUT2D eigenvalue weighted by Crippen LogP contribution is -2.36. The minimum Gasteiger partial charge on any atom is -0.338 e. The van der Waals surface area contributed by atoms with E-state index in [9.17, 15) is 0 Å². The summed E-state index contributed by atoms with van der Waals surface area (Å²) in [5.41, 5.74) is 0. The molecule has 1 aromatic heterocycles. The van der Waals surface area contributed by atoms with Crippen molar-refractivity contribution in [1.82, 2.24) is 9.97 Å². The lowest BCUT2D eigenvalue weighted by molar-refractivity contribution is 0.521. The highest BCUT2D eigenvalue weighted by atomic mass is 79.9. The number of anilines is 1. The summed E-state index contributed by atoms with van der Waals surface area (Å²) in [7, 11) is 0. The van der Waals surface area contributed by atoms with E-state index in [1.807, 2.05) is 12.4 Å². The van der Waals surface area contributed by atoms with Crippen LogP contribution in [-0.2, 0) is 0 Å². The topological polar surface area (TPSA) is 29.0 Å². The number of rotatable bonds is 5. The monoisotopic (exact) mass is 311 g/mol. The molecule has 0 saturated heterocycles. The first-order valence-electron chi connectivity index (χ1n) is 6.91. The largest absolute Gasteiger partial charge is 0.338 e. The third kappa shape index (κ3) is 3.67. The van der Waals surface area contributed by atoms with Gasteiger partial charge in [-0.25, -0.2) is 9.97 Å². The van der Waals surface area contributed by atoms with Gasteiger partial charge in [-0.15, -0.1) is 0 Å². The van der Waals surface area contributed by atoms with E-state index in [-0.39, 0.29) is 0 Å². The van der Waals surface area contributed by atoms with E-state index >= 15 is 0 Å². The van der Waals surface area contributed by atoms with E-state index in [0.717, 1.165) is 22.9 Å². The van der Waals surface area contributed by atoms with Crippen LogP contribution in [0, 0.1) is 5.92 Å². The second-order valence-electron chi connectivity index (χ2n) is 5.52. The maximum atomic E-state index is 4.47. The molecule has 100 valence electrons. The second kappa shape index (κ2) is 6.50. The van der Waals surface area contributed by atoms with Gasteiger partial charge in [-0.3, -0.25) is 0 Å². The molecular weight excluding hydrogens is 290 g/mol. The Labute approximate surface area is 118 Å². The number of nitrogens with zero attached hydrogens (tertiary/aromatic N) is 3. The Morgan fingerprint density at radius 3 is 2.44 bits per heavy atom. The van der Waals surface area contributed by atoms with Gasteiger partial charge >= 0.3 is 0 Å². The maximum Gasteiger partial charge on any atom is 0.225 e. The first kappa shape index (κ1) is 13.8. The minimum atomic E-state index is 0.643. The summed E-state index contributed by atoms with van der Waals surface area (Å²) in [6.45, 7) is 5.62. The molecule has 1 saturated carbocycles. The van der Waals surface area contributed by atoms with Crippen LogP contribution >= 0.6 is 15.9 Å². The standard InChI is InChI=1S/C14H22BrN3/c1-11(2)7-8-18(13-5-3-4-6-13)14-16-9-12(15)10-17-14/h9-11,13H,3-8H2,1-2H3. The molecule has 0 N–H and O–H groups in total. The zero-order valence-electron chi connectivity index (χ0n) is 11.3. The summed E-state index contributed by atoms with van der Waals surface area (Å²) < 4.78 is 0.946. The van der Waals surface area contributed by atoms with Gasteiger partial charge in [0.25, 0.3) is 0 Å². The van der Waals surface area contributed by atoms with E-state index in [1.165, 1.54) is 32.1 Å². The molecule has 0 bridgehead atoms. The van der Waals surface area contributed by atoms with Crippen molar-refractivity contribution in [2.75, 3.05) is 11.4 Å². The zero-order valence-corrected chi connectivity index (χ0v) is 12.9. The van der Waals surface area contributed by atoms with E-state index in [1.54, 1.807) is 0 Å². The van der Waals surface area contributed by atoms with E-state index in [0.29, 0.717) is 6.04 Å². The Balaban J connectivity index is 2.09. The fourth-order valence-electron chi connectivity index (χ4n) is 2.51. The normalized spacial score (nSPS) is 16.4. The lowest BCUT2D eigenvalue weighted by Gasteiger charge is -2.29. The number of hydrogen-bond acceptors (Lipinski definition) is 3. The van der Waals surface area contributed by atoms with Crippen molar-refractivity contribution < 1.29 is 0 Å². The molecule has 1 fully saturated rings. The van der Waals surface area contributed by atoms with Crippen molar-refractivity contribution in [2.24, 2.45) is 5.92 Å². The van der Waals surface area contributed by atoms with Gasteiger partial charge in [0, 0.05) is 25.0 Å². The summed E-state index contributed by atoms with van der Waals surface area (Å²) in [6.07, 6.45) is 10.2. The zero-order chi connectivity index (χ0) is 13.0. The molecule has 1 aromatic rings. The van der Waals surface area contributed by atoms with Crippen LogP contribution in [0.15, 0.2) is 16.9 Å². The fourth-order valence-corrected chi connectivity index (χ4v) is 2.72. The van der Waals surface area contributed by atoms with Crippen molar-refractivity contribution in [1.29, 1.82) is 0 Å². The van der Waals surface area contributed by atoms with Crippen LogP contribution in [0.3, 0.4) is 0 Å². The number of hydrogen-bond donors (Lipinski definition) is 0. The average molecular weight is 312 g/mol. The second-order valence-corrected chi connectivity index (χ2v) is 6.43. The quantitative estimate of drug-likeness (QED) is 0.822. The van der Waals surface area contributed by atoms with Gasteiger partial charge in [-0.2, -0.15) is 0 Å². The Morgan fingerprint density at radius 1 is 1.28 bits per heavy atom. The molecule has 18 heavy (non-hydrogen) atoms. The molecule has 1 aliphatic carbocycles. The molecule has 0 amide bonds. The summed E-state index contributed by atoms with van der Waals surface area (Å²) in [5, 5.41) is 0. The Bertz CT molecular complexity index is 358. The predicted octanol–water partition coefficient (Wildman–Crippen LogP) is 4.03. The highest BCUT2D eigenvalue weighted by Gasteiger charge is 2.24.